The zero-order chi connectivity index (χ0) is 12.0. The maximum absolute atomic E-state index is 4.61. The predicted octanol–water partition coefficient (Wildman–Crippen LogP) is 3.79. The normalized spacial score (nSPS) is 13.3. The Morgan fingerprint density at radius 2 is 2.00 bits per heavy atom. The van der Waals surface area contributed by atoms with Crippen LogP contribution >= 0.6 is 11.3 Å². The highest BCUT2D eigenvalue weighted by molar-refractivity contribution is 7.09. The smallest absolute Gasteiger partial charge is 0.0926 e. The van der Waals surface area contributed by atoms with Crippen LogP contribution in [-0.2, 0) is 6.42 Å². The first-order chi connectivity index (χ1) is 7.71. The Bertz CT molecular complexity index is 292. The summed E-state index contributed by atoms with van der Waals surface area (Å²) in [4.78, 5) is 4.61. The lowest BCUT2D eigenvalue weighted by atomic mass is 10.0. The second kappa shape index (κ2) is 7.02. The molecule has 0 aliphatic carbocycles. The summed E-state index contributed by atoms with van der Waals surface area (Å²) in [5, 5.41) is 7.01. The fraction of sp³-hybridized carbons (Fsp3) is 0.769. The van der Waals surface area contributed by atoms with Crippen LogP contribution in [0.4, 0.5) is 0 Å². The summed E-state index contributed by atoms with van der Waals surface area (Å²) in [5.41, 5.74) is 1.20. The van der Waals surface area contributed by atoms with Crippen molar-refractivity contribution in [2.75, 3.05) is 6.54 Å². The fourth-order valence-electron chi connectivity index (χ4n) is 1.71. The standard InChI is InChI=1S/C13H24N2S/c1-5-11(6-2)8-14-10(4)12-9-16-13(7-3)15-12/h9-11,14H,5-8H2,1-4H3. The molecule has 2 nitrogen and oxygen atoms in total. The number of nitrogens with zero attached hydrogens (tertiary/aromatic N) is 1. The van der Waals surface area contributed by atoms with E-state index in [0.29, 0.717) is 6.04 Å². The van der Waals surface area contributed by atoms with Gasteiger partial charge in [-0.25, -0.2) is 4.98 Å². The van der Waals surface area contributed by atoms with Gasteiger partial charge in [0.2, 0.25) is 0 Å². The lowest BCUT2D eigenvalue weighted by molar-refractivity contribution is 0.419. The van der Waals surface area contributed by atoms with Crippen molar-refractivity contribution in [2.45, 2.75) is 53.0 Å². The van der Waals surface area contributed by atoms with E-state index in [-0.39, 0.29) is 0 Å². The van der Waals surface area contributed by atoms with Crippen LogP contribution < -0.4 is 5.32 Å². The first-order valence-corrected chi connectivity index (χ1v) is 7.26. The summed E-state index contributed by atoms with van der Waals surface area (Å²) >= 11 is 1.77. The molecule has 0 spiro atoms. The largest absolute Gasteiger partial charge is 0.309 e. The van der Waals surface area contributed by atoms with Crippen LogP contribution in [0.1, 0.15) is 57.3 Å². The van der Waals surface area contributed by atoms with Crippen LogP contribution in [-0.4, -0.2) is 11.5 Å². The van der Waals surface area contributed by atoms with Gasteiger partial charge in [-0.05, 0) is 25.8 Å². The molecule has 92 valence electrons. The van der Waals surface area contributed by atoms with Gasteiger partial charge in [0.25, 0.3) is 0 Å². The van der Waals surface area contributed by atoms with Gasteiger partial charge in [-0.3, -0.25) is 0 Å². The minimum atomic E-state index is 0.386. The molecule has 0 aromatic carbocycles. The van der Waals surface area contributed by atoms with Gasteiger partial charge in [0, 0.05) is 11.4 Å². The van der Waals surface area contributed by atoms with E-state index in [2.05, 4.69) is 43.4 Å². The molecular weight excluding hydrogens is 216 g/mol. The molecule has 0 amide bonds. The zero-order valence-electron chi connectivity index (χ0n) is 10.9. The van der Waals surface area contributed by atoms with Crippen molar-refractivity contribution in [3.8, 4) is 0 Å². The van der Waals surface area contributed by atoms with Crippen LogP contribution in [0.2, 0.25) is 0 Å². The van der Waals surface area contributed by atoms with E-state index in [1.54, 1.807) is 11.3 Å². The third kappa shape index (κ3) is 3.87. The third-order valence-corrected chi connectivity index (χ3v) is 4.19. The van der Waals surface area contributed by atoms with E-state index in [1.807, 2.05) is 0 Å². The van der Waals surface area contributed by atoms with Gasteiger partial charge in [0.15, 0.2) is 0 Å². The van der Waals surface area contributed by atoms with Gasteiger partial charge in [-0.1, -0.05) is 33.6 Å². The molecular formula is C13H24N2S. The summed E-state index contributed by atoms with van der Waals surface area (Å²) in [6.07, 6.45) is 3.56. The number of hydrogen-bond acceptors (Lipinski definition) is 3. The molecule has 0 saturated heterocycles. The van der Waals surface area contributed by atoms with Gasteiger partial charge in [-0.2, -0.15) is 0 Å². The van der Waals surface area contributed by atoms with Crippen LogP contribution in [0.3, 0.4) is 0 Å². The molecule has 1 heterocycles. The number of aromatic nitrogens is 1. The summed E-state index contributed by atoms with van der Waals surface area (Å²) in [5.74, 6) is 0.798. The Morgan fingerprint density at radius 1 is 1.31 bits per heavy atom. The predicted molar refractivity (Wildman–Crippen MR) is 72.0 cm³/mol. The third-order valence-electron chi connectivity index (χ3n) is 3.18. The molecule has 0 aliphatic rings. The summed E-state index contributed by atoms with van der Waals surface area (Å²) in [7, 11) is 0. The Morgan fingerprint density at radius 3 is 2.50 bits per heavy atom. The molecule has 0 aliphatic heterocycles. The highest BCUT2D eigenvalue weighted by Gasteiger charge is 2.11. The highest BCUT2D eigenvalue weighted by atomic mass is 32.1. The summed E-state index contributed by atoms with van der Waals surface area (Å²) < 4.78 is 0. The molecule has 16 heavy (non-hydrogen) atoms. The summed E-state index contributed by atoms with van der Waals surface area (Å²) in [6.45, 7) is 9.99. The molecule has 0 bridgehead atoms. The van der Waals surface area contributed by atoms with Gasteiger partial charge in [0.05, 0.1) is 10.7 Å². The highest BCUT2D eigenvalue weighted by Crippen LogP contribution is 2.17. The van der Waals surface area contributed by atoms with Gasteiger partial charge in [-0.15, -0.1) is 11.3 Å². The molecule has 0 saturated carbocycles. The maximum Gasteiger partial charge on any atom is 0.0926 e. The second-order valence-electron chi connectivity index (χ2n) is 4.33. The minimum absolute atomic E-state index is 0.386. The molecule has 1 atom stereocenters. The molecule has 0 radical (unpaired) electrons. The SMILES string of the molecule is CCc1nc(C(C)NCC(CC)CC)cs1. The monoisotopic (exact) mass is 240 g/mol. The van der Waals surface area contributed by atoms with Crippen molar-refractivity contribution in [3.63, 3.8) is 0 Å². The van der Waals surface area contributed by atoms with E-state index in [4.69, 9.17) is 0 Å². The lowest BCUT2D eigenvalue weighted by Gasteiger charge is -2.17. The lowest BCUT2D eigenvalue weighted by Crippen LogP contribution is -2.25. The van der Waals surface area contributed by atoms with Crippen molar-refractivity contribution in [3.05, 3.63) is 16.1 Å². The molecule has 1 aromatic heterocycles. The number of nitrogens with one attached hydrogen (secondary N) is 1. The number of rotatable bonds is 7. The van der Waals surface area contributed by atoms with Crippen molar-refractivity contribution >= 4 is 11.3 Å². The molecule has 3 heteroatoms. The Hall–Kier alpha value is -0.410. The van der Waals surface area contributed by atoms with E-state index in [0.717, 1.165) is 18.9 Å². The number of hydrogen-bond donors (Lipinski definition) is 1. The average Bonchev–Trinajstić information content (AvgIpc) is 2.78. The average molecular weight is 240 g/mol. The van der Waals surface area contributed by atoms with E-state index in [9.17, 15) is 0 Å². The fourth-order valence-corrected chi connectivity index (χ4v) is 2.55. The van der Waals surface area contributed by atoms with E-state index < -0.39 is 0 Å². The van der Waals surface area contributed by atoms with Crippen LogP contribution in [0, 0.1) is 5.92 Å². The van der Waals surface area contributed by atoms with E-state index in [1.165, 1.54) is 23.5 Å². The minimum Gasteiger partial charge on any atom is -0.309 e. The van der Waals surface area contributed by atoms with Crippen LogP contribution in [0.25, 0.3) is 0 Å². The van der Waals surface area contributed by atoms with Crippen molar-refractivity contribution in [1.29, 1.82) is 0 Å². The first-order valence-electron chi connectivity index (χ1n) is 6.38. The van der Waals surface area contributed by atoms with Gasteiger partial charge in [0.1, 0.15) is 0 Å². The second-order valence-corrected chi connectivity index (χ2v) is 5.27. The molecule has 1 unspecified atom stereocenters. The summed E-state index contributed by atoms with van der Waals surface area (Å²) in [6, 6.07) is 0.386. The van der Waals surface area contributed by atoms with Crippen molar-refractivity contribution in [2.24, 2.45) is 5.92 Å². The van der Waals surface area contributed by atoms with Crippen LogP contribution in [0.5, 0.6) is 0 Å². The maximum atomic E-state index is 4.61. The number of thiazole rings is 1. The Kier molecular flexibility index (Phi) is 5.99. The molecule has 0 fully saturated rings. The molecule has 1 N–H and O–H groups in total. The number of aryl methyl sites for hydroxylation is 1. The quantitative estimate of drug-likeness (QED) is 0.784. The first kappa shape index (κ1) is 13.7. The Labute approximate surface area is 103 Å². The van der Waals surface area contributed by atoms with Gasteiger partial charge >= 0.3 is 0 Å². The van der Waals surface area contributed by atoms with E-state index >= 15 is 0 Å². The zero-order valence-corrected chi connectivity index (χ0v) is 11.7. The topological polar surface area (TPSA) is 24.9 Å². The Balaban J connectivity index is 2.42. The van der Waals surface area contributed by atoms with Crippen LogP contribution in [0.15, 0.2) is 5.38 Å². The van der Waals surface area contributed by atoms with Gasteiger partial charge < -0.3 is 5.32 Å². The van der Waals surface area contributed by atoms with Crippen molar-refractivity contribution in [1.82, 2.24) is 10.3 Å². The molecule has 1 rings (SSSR count). The molecule has 1 aromatic rings. The van der Waals surface area contributed by atoms with Crippen molar-refractivity contribution < 1.29 is 0 Å².